The smallest absolute Gasteiger partial charge is 0.339 e. The minimum absolute atomic E-state index is 0.0967. The quantitative estimate of drug-likeness (QED) is 0.836. The van der Waals surface area contributed by atoms with Crippen molar-refractivity contribution in [1.29, 1.82) is 0 Å². The molecule has 7 heteroatoms. The number of rotatable bonds is 5. The number of carbonyl (C=O) groups is 3. The molecule has 7 nitrogen and oxygen atoms in total. The van der Waals surface area contributed by atoms with E-state index in [1.165, 1.54) is 18.3 Å². The summed E-state index contributed by atoms with van der Waals surface area (Å²) in [6.07, 6.45) is 1.63. The topological polar surface area (TPSA) is 88.8 Å². The summed E-state index contributed by atoms with van der Waals surface area (Å²) in [4.78, 5) is 38.0. The molecular formula is C18H18N2O5. The maximum Gasteiger partial charge on any atom is 0.339 e. The Hall–Kier alpha value is -3.09. The molecule has 1 aliphatic rings. The highest BCUT2D eigenvalue weighted by atomic mass is 16.5. The Bertz CT molecular complexity index is 785. The van der Waals surface area contributed by atoms with Gasteiger partial charge in [0.1, 0.15) is 5.76 Å². The number of amides is 2. The zero-order valence-electron chi connectivity index (χ0n) is 13.7. The second-order valence-electron chi connectivity index (χ2n) is 5.71. The number of hydrogen-bond acceptors (Lipinski definition) is 5. The molecule has 1 saturated heterocycles. The molecule has 25 heavy (non-hydrogen) atoms. The second-order valence-corrected chi connectivity index (χ2v) is 5.71. The van der Waals surface area contributed by atoms with Crippen LogP contribution in [0.4, 0.5) is 5.69 Å². The lowest BCUT2D eigenvalue weighted by molar-refractivity contribution is -0.126. The molecule has 1 aliphatic heterocycles. The molecule has 1 N–H and O–H groups in total. The molecule has 1 aromatic carbocycles. The molecule has 0 spiro atoms. The van der Waals surface area contributed by atoms with Gasteiger partial charge in [-0.25, -0.2) is 4.79 Å². The second kappa shape index (κ2) is 7.21. The van der Waals surface area contributed by atoms with Crippen molar-refractivity contribution in [3.8, 4) is 0 Å². The Balaban J connectivity index is 1.70. The SMILES string of the molecule is COC(=O)c1ccccc1N1CC(C(=O)NCc2ccco2)CC1=O. The molecule has 1 unspecified atom stereocenters. The molecule has 1 fully saturated rings. The van der Waals surface area contributed by atoms with E-state index in [2.05, 4.69) is 5.32 Å². The van der Waals surface area contributed by atoms with Gasteiger partial charge in [0.2, 0.25) is 11.8 Å². The number of para-hydroxylation sites is 1. The van der Waals surface area contributed by atoms with Gasteiger partial charge in [0.15, 0.2) is 0 Å². The monoisotopic (exact) mass is 342 g/mol. The number of nitrogens with one attached hydrogen (secondary N) is 1. The Kier molecular flexibility index (Phi) is 4.83. The molecule has 0 radical (unpaired) electrons. The highest BCUT2D eigenvalue weighted by Crippen LogP contribution is 2.28. The zero-order chi connectivity index (χ0) is 17.8. The summed E-state index contributed by atoms with van der Waals surface area (Å²) in [6.45, 7) is 0.492. The Morgan fingerprint density at radius 2 is 2.08 bits per heavy atom. The molecule has 1 atom stereocenters. The minimum atomic E-state index is -0.519. The van der Waals surface area contributed by atoms with Gasteiger partial charge in [-0.15, -0.1) is 0 Å². The van der Waals surface area contributed by atoms with Crippen LogP contribution in [-0.2, 0) is 20.9 Å². The summed E-state index contributed by atoms with van der Waals surface area (Å²) in [6, 6.07) is 10.2. The lowest BCUT2D eigenvalue weighted by atomic mass is 10.1. The highest BCUT2D eigenvalue weighted by Gasteiger charge is 2.36. The molecular weight excluding hydrogens is 324 g/mol. The molecule has 2 aromatic rings. The van der Waals surface area contributed by atoms with Crippen LogP contribution in [0.2, 0.25) is 0 Å². The number of hydrogen-bond donors (Lipinski definition) is 1. The van der Waals surface area contributed by atoms with Gasteiger partial charge in [-0.1, -0.05) is 12.1 Å². The van der Waals surface area contributed by atoms with E-state index in [4.69, 9.17) is 9.15 Å². The first-order chi connectivity index (χ1) is 12.1. The first kappa shape index (κ1) is 16.8. The molecule has 130 valence electrons. The van der Waals surface area contributed by atoms with Crippen molar-refractivity contribution in [2.45, 2.75) is 13.0 Å². The minimum Gasteiger partial charge on any atom is -0.467 e. The van der Waals surface area contributed by atoms with Crippen molar-refractivity contribution in [2.24, 2.45) is 5.92 Å². The number of ether oxygens (including phenoxy) is 1. The van der Waals surface area contributed by atoms with Gasteiger partial charge in [0.25, 0.3) is 0 Å². The van der Waals surface area contributed by atoms with E-state index in [0.717, 1.165) is 0 Å². The van der Waals surface area contributed by atoms with Gasteiger partial charge < -0.3 is 19.4 Å². The number of benzene rings is 1. The Morgan fingerprint density at radius 1 is 1.28 bits per heavy atom. The largest absolute Gasteiger partial charge is 0.467 e. The molecule has 2 heterocycles. The van der Waals surface area contributed by atoms with Crippen LogP contribution in [0, 0.1) is 5.92 Å². The number of methoxy groups -OCH3 is 1. The van der Waals surface area contributed by atoms with Gasteiger partial charge in [0.05, 0.1) is 37.1 Å². The number of nitrogens with zero attached hydrogens (tertiary/aromatic N) is 1. The van der Waals surface area contributed by atoms with Crippen LogP contribution < -0.4 is 10.2 Å². The van der Waals surface area contributed by atoms with Crippen LogP contribution in [0.25, 0.3) is 0 Å². The van der Waals surface area contributed by atoms with Gasteiger partial charge in [0, 0.05) is 13.0 Å². The number of carbonyl (C=O) groups excluding carboxylic acids is 3. The van der Waals surface area contributed by atoms with Crippen LogP contribution in [0.1, 0.15) is 22.5 Å². The van der Waals surface area contributed by atoms with E-state index >= 15 is 0 Å². The van der Waals surface area contributed by atoms with E-state index in [1.807, 2.05) is 0 Å². The summed E-state index contributed by atoms with van der Waals surface area (Å²) < 4.78 is 9.93. The van der Waals surface area contributed by atoms with Crippen molar-refractivity contribution in [3.63, 3.8) is 0 Å². The van der Waals surface area contributed by atoms with Crippen molar-refractivity contribution in [1.82, 2.24) is 5.32 Å². The Labute approximate surface area is 144 Å². The predicted molar refractivity (Wildman–Crippen MR) is 88.8 cm³/mol. The lowest BCUT2D eigenvalue weighted by Gasteiger charge is -2.19. The van der Waals surface area contributed by atoms with Crippen LogP contribution in [0.3, 0.4) is 0 Å². The third-order valence-corrected chi connectivity index (χ3v) is 4.11. The maximum atomic E-state index is 12.4. The normalized spacial score (nSPS) is 16.8. The van der Waals surface area contributed by atoms with Crippen molar-refractivity contribution in [3.05, 3.63) is 54.0 Å². The van der Waals surface area contributed by atoms with Crippen LogP contribution >= 0.6 is 0 Å². The average Bonchev–Trinajstić information content (AvgIpc) is 3.28. The summed E-state index contributed by atoms with van der Waals surface area (Å²) >= 11 is 0. The molecule has 2 amide bonds. The average molecular weight is 342 g/mol. The fourth-order valence-electron chi connectivity index (χ4n) is 2.84. The third-order valence-electron chi connectivity index (χ3n) is 4.11. The van der Waals surface area contributed by atoms with Crippen molar-refractivity contribution >= 4 is 23.5 Å². The number of furan rings is 1. The maximum absolute atomic E-state index is 12.4. The molecule has 0 bridgehead atoms. The summed E-state index contributed by atoms with van der Waals surface area (Å²) in [5.74, 6) is -0.773. The fraction of sp³-hybridized carbons (Fsp3) is 0.278. The summed E-state index contributed by atoms with van der Waals surface area (Å²) in [5.41, 5.74) is 0.760. The van der Waals surface area contributed by atoms with E-state index in [0.29, 0.717) is 17.0 Å². The van der Waals surface area contributed by atoms with Gasteiger partial charge in [-0.3, -0.25) is 9.59 Å². The predicted octanol–water partition coefficient (Wildman–Crippen LogP) is 1.74. The van der Waals surface area contributed by atoms with Gasteiger partial charge in [-0.05, 0) is 24.3 Å². The first-order valence-electron chi connectivity index (χ1n) is 7.88. The van der Waals surface area contributed by atoms with Crippen molar-refractivity contribution < 1.29 is 23.5 Å². The third kappa shape index (κ3) is 3.55. The molecule has 0 saturated carbocycles. The number of esters is 1. The van der Waals surface area contributed by atoms with Crippen LogP contribution in [0.5, 0.6) is 0 Å². The van der Waals surface area contributed by atoms with E-state index in [1.54, 1.807) is 36.4 Å². The molecule has 0 aliphatic carbocycles. The summed E-state index contributed by atoms with van der Waals surface area (Å²) in [5, 5.41) is 2.76. The zero-order valence-corrected chi connectivity index (χ0v) is 13.7. The standard InChI is InChI=1S/C18H18N2O5/c1-24-18(23)14-6-2-3-7-15(14)20-11-12(9-16(20)21)17(22)19-10-13-5-4-8-25-13/h2-8,12H,9-11H2,1H3,(H,19,22). The van der Waals surface area contributed by atoms with Crippen LogP contribution in [0.15, 0.2) is 47.1 Å². The van der Waals surface area contributed by atoms with E-state index in [-0.39, 0.29) is 31.3 Å². The van der Waals surface area contributed by atoms with Crippen LogP contribution in [-0.4, -0.2) is 31.4 Å². The van der Waals surface area contributed by atoms with Gasteiger partial charge >= 0.3 is 5.97 Å². The molecule has 1 aromatic heterocycles. The first-order valence-corrected chi connectivity index (χ1v) is 7.88. The highest BCUT2D eigenvalue weighted by molar-refractivity contribution is 6.05. The fourth-order valence-corrected chi connectivity index (χ4v) is 2.84. The Morgan fingerprint density at radius 3 is 2.80 bits per heavy atom. The molecule has 3 rings (SSSR count). The van der Waals surface area contributed by atoms with E-state index in [9.17, 15) is 14.4 Å². The van der Waals surface area contributed by atoms with Crippen molar-refractivity contribution in [2.75, 3.05) is 18.6 Å². The van der Waals surface area contributed by atoms with E-state index < -0.39 is 11.9 Å². The lowest BCUT2D eigenvalue weighted by Crippen LogP contribution is -2.33. The summed E-state index contributed by atoms with van der Waals surface area (Å²) in [7, 11) is 1.29. The number of anilines is 1. The van der Waals surface area contributed by atoms with Gasteiger partial charge in [-0.2, -0.15) is 0 Å².